The van der Waals surface area contributed by atoms with Crippen molar-refractivity contribution >= 4 is 17.7 Å². The van der Waals surface area contributed by atoms with E-state index in [0.717, 1.165) is 0 Å². The highest BCUT2D eigenvalue weighted by Gasteiger charge is 2.06. The molecule has 1 rings (SSSR count). The second-order valence-electron chi connectivity index (χ2n) is 2.92. The van der Waals surface area contributed by atoms with Crippen molar-refractivity contribution in [3.05, 3.63) is 30.1 Å². The first-order valence-corrected chi connectivity index (χ1v) is 5.93. The van der Waals surface area contributed by atoms with Crippen molar-refractivity contribution in [2.24, 2.45) is 0 Å². The van der Waals surface area contributed by atoms with Gasteiger partial charge in [-0.05, 0) is 12.5 Å². The first kappa shape index (κ1) is 12.7. The number of nitrogens with zero attached hydrogens (tertiary/aromatic N) is 2. The molecule has 1 aromatic rings. The van der Waals surface area contributed by atoms with Crippen LogP contribution in [0.3, 0.4) is 0 Å². The van der Waals surface area contributed by atoms with Gasteiger partial charge < -0.3 is 4.74 Å². The third-order valence-corrected chi connectivity index (χ3v) is 2.72. The monoisotopic (exact) mass is 238 g/mol. The summed E-state index contributed by atoms with van der Waals surface area (Å²) in [6, 6.07) is 1.77. The summed E-state index contributed by atoms with van der Waals surface area (Å²) in [5, 5.41) is 0.707. The lowest BCUT2D eigenvalue weighted by Crippen LogP contribution is -2.04. The predicted octanol–water partition coefficient (Wildman–Crippen LogP) is 2.08. The fraction of sp³-hybridized carbons (Fsp3) is 0.364. The molecule has 0 radical (unpaired) electrons. The molecule has 86 valence electrons. The summed E-state index contributed by atoms with van der Waals surface area (Å²) < 4.78 is 4.66. The van der Waals surface area contributed by atoms with Crippen molar-refractivity contribution in [3.8, 4) is 0 Å². The number of thioether (sulfide) groups is 1. The molecule has 0 aliphatic heterocycles. The molecule has 0 aliphatic carbocycles. The molecule has 0 unspecified atom stereocenters. The summed E-state index contributed by atoms with van der Waals surface area (Å²) in [7, 11) is 1.39. The third kappa shape index (κ3) is 4.02. The van der Waals surface area contributed by atoms with Gasteiger partial charge in [0.1, 0.15) is 0 Å². The molecule has 16 heavy (non-hydrogen) atoms. The molecular formula is C11H14N2O2S. The van der Waals surface area contributed by atoms with E-state index in [-0.39, 0.29) is 5.97 Å². The van der Waals surface area contributed by atoms with Gasteiger partial charge in [-0.25, -0.2) is 14.8 Å². The highest BCUT2D eigenvalue weighted by Crippen LogP contribution is 2.13. The van der Waals surface area contributed by atoms with Crippen molar-refractivity contribution in [1.82, 2.24) is 9.97 Å². The quantitative estimate of drug-likeness (QED) is 0.340. The molecule has 0 bridgehead atoms. The van der Waals surface area contributed by atoms with Crippen LogP contribution < -0.4 is 0 Å². The standard InChI is InChI=1S/C11H14N2O2S/c1-3-9(10(14)15-2)5-8-16-11-12-6-4-7-13-11/h4-7H,3,8H2,1-2H3. The predicted molar refractivity (Wildman–Crippen MR) is 63.1 cm³/mol. The van der Waals surface area contributed by atoms with Crippen LogP contribution in [0.5, 0.6) is 0 Å². The smallest absolute Gasteiger partial charge is 0.333 e. The SMILES string of the molecule is CCC(=CCSc1ncccn1)C(=O)OC. The van der Waals surface area contributed by atoms with Gasteiger partial charge in [0.15, 0.2) is 5.16 Å². The molecule has 0 saturated heterocycles. The first-order valence-electron chi connectivity index (χ1n) is 4.95. The van der Waals surface area contributed by atoms with E-state index in [1.807, 2.05) is 13.0 Å². The van der Waals surface area contributed by atoms with Crippen LogP contribution in [0.4, 0.5) is 0 Å². The van der Waals surface area contributed by atoms with Crippen LogP contribution in [0, 0.1) is 0 Å². The fourth-order valence-corrected chi connectivity index (χ4v) is 1.78. The van der Waals surface area contributed by atoms with Gasteiger partial charge in [0.05, 0.1) is 7.11 Å². The number of rotatable bonds is 5. The van der Waals surface area contributed by atoms with Crippen LogP contribution in [-0.2, 0) is 9.53 Å². The number of aromatic nitrogens is 2. The highest BCUT2D eigenvalue weighted by atomic mass is 32.2. The van der Waals surface area contributed by atoms with Gasteiger partial charge in [-0.1, -0.05) is 24.8 Å². The Labute approximate surface area is 99.1 Å². The normalized spacial score (nSPS) is 11.2. The molecule has 5 heteroatoms. The number of hydrogen-bond donors (Lipinski definition) is 0. The second-order valence-corrected chi connectivity index (χ2v) is 3.90. The zero-order valence-corrected chi connectivity index (χ0v) is 10.2. The number of carbonyl (C=O) groups excluding carboxylic acids is 1. The van der Waals surface area contributed by atoms with Crippen LogP contribution in [0.2, 0.25) is 0 Å². The van der Waals surface area contributed by atoms with Gasteiger partial charge in [0, 0.05) is 23.7 Å². The van der Waals surface area contributed by atoms with E-state index in [4.69, 9.17) is 0 Å². The Morgan fingerprint density at radius 1 is 1.50 bits per heavy atom. The zero-order valence-electron chi connectivity index (χ0n) is 9.34. The van der Waals surface area contributed by atoms with Crippen LogP contribution in [0.15, 0.2) is 35.3 Å². The minimum atomic E-state index is -0.267. The van der Waals surface area contributed by atoms with Crippen molar-refractivity contribution in [2.75, 3.05) is 12.9 Å². The Balaban J connectivity index is 2.49. The van der Waals surface area contributed by atoms with Crippen LogP contribution in [-0.4, -0.2) is 28.8 Å². The molecule has 4 nitrogen and oxygen atoms in total. The largest absolute Gasteiger partial charge is 0.466 e. The maximum absolute atomic E-state index is 11.3. The lowest BCUT2D eigenvalue weighted by atomic mass is 10.2. The number of esters is 1. The average molecular weight is 238 g/mol. The molecule has 0 spiro atoms. The second kappa shape index (κ2) is 7.00. The van der Waals surface area contributed by atoms with E-state index < -0.39 is 0 Å². The zero-order chi connectivity index (χ0) is 11.8. The lowest BCUT2D eigenvalue weighted by Gasteiger charge is -2.01. The van der Waals surface area contributed by atoms with Crippen molar-refractivity contribution in [2.45, 2.75) is 18.5 Å². The summed E-state index contributed by atoms with van der Waals surface area (Å²) in [5.74, 6) is 0.402. The Kier molecular flexibility index (Phi) is 5.56. The van der Waals surface area contributed by atoms with Gasteiger partial charge >= 0.3 is 5.97 Å². The van der Waals surface area contributed by atoms with Crippen molar-refractivity contribution < 1.29 is 9.53 Å². The summed E-state index contributed by atoms with van der Waals surface area (Å²) in [6.07, 6.45) is 5.91. The molecule has 1 heterocycles. The molecule has 0 aliphatic rings. The first-order chi connectivity index (χ1) is 7.77. The molecule has 0 saturated carbocycles. The third-order valence-electron chi connectivity index (χ3n) is 1.91. The van der Waals surface area contributed by atoms with E-state index in [1.165, 1.54) is 18.9 Å². The highest BCUT2D eigenvalue weighted by molar-refractivity contribution is 7.99. The van der Waals surface area contributed by atoms with Gasteiger partial charge in [0.25, 0.3) is 0 Å². The Morgan fingerprint density at radius 3 is 2.75 bits per heavy atom. The van der Waals surface area contributed by atoms with E-state index in [9.17, 15) is 4.79 Å². The van der Waals surface area contributed by atoms with Crippen molar-refractivity contribution in [3.63, 3.8) is 0 Å². The van der Waals surface area contributed by atoms with Crippen LogP contribution >= 0.6 is 11.8 Å². The van der Waals surface area contributed by atoms with Crippen LogP contribution in [0.1, 0.15) is 13.3 Å². The minimum absolute atomic E-state index is 0.267. The summed E-state index contributed by atoms with van der Waals surface area (Å²) in [4.78, 5) is 19.4. The molecule has 1 aromatic heterocycles. The number of methoxy groups -OCH3 is 1. The lowest BCUT2D eigenvalue weighted by molar-refractivity contribution is -0.136. The number of carbonyl (C=O) groups is 1. The molecule has 0 N–H and O–H groups in total. The van der Waals surface area contributed by atoms with E-state index in [2.05, 4.69) is 14.7 Å². The fourth-order valence-electron chi connectivity index (χ4n) is 1.08. The maximum atomic E-state index is 11.3. The molecule has 0 amide bonds. The summed E-state index contributed by atoms with van der Waals surface area (Å²) >= 11 is 1.49. The van der Waals surface area contributed by atoms with Crippen LogP contribution in [0.25, 0.3) is 0 Å². The number of ether oxygens (including phenoxy) is 1. The summed E-state index contributed by atoms with van der Waals surface area (Å²) in [6.45, 7) is 1.92. The summed E-state index contributed by atoms with van der Waals surface area (Å²) in [5.41, 5.74) is 0.686. The Morgan fingerprint density at radius 2 is 2.19 bits per heavy atom. The van der Waals surface area contributed by atoms with Gasteiger partial charge in [-0.3, -0.25) is 0 Å². The molecule has 0 atom stereocenters. The molecule has 0 fully saturated rings. The maximum Gasteiger partial charge on any atom is 0.333 e. The number of hydrogen-bond acceptors (Lipinski definition) is 5. The van der Waals surface area contributed by atoms with Gasteiger partial charge in [-0.15, -0.1) is 0 Å². The average Bonchev–Trinajstić information content (AvgIpc) is 2.35. The van der Waals surface area contributed by atoms with E-state index >= 15 is 0 Å². The Bertz CT molecular complexity index is 366. The Hall–Kier alpha value is -1.36. The topological polar surface area (TPSA) is 52.1 Å². The minimum Gasteiger partial charge on any atom is -0.466 e. The van der Waals surface area contributed by atoms with E-state index in [0.29, 0.717) is 22.9 Å². The van der Waals surface area contributed by atoms with Crippen molar-refractivity contribution in [1.29, 1.82) is 0 Å². The molecule has 0 aromatic carbocycles. The van der Waals surface area contributed by atoms with Gasteiger partial charge in [0.2, 0.25) is 0 Å². The van der Waals surface area contributed by atoms with Gasteiger partial charge in [-0.2, -0.15) is 0 Å². The molecular weight excluding hydrogens is 224 g/mol. The van der Waals surface area contributed by atoms with E-state index in [1.54, 1.807) is 18.5 Å².